The van der Waals surface area contributed by atoms with Crippen LogP contribution in [0, 0.1) is 0 Å². The maximum atomic E-state index is 13.1. The number of fused-ring (bicyclic) bond motifs is 1. The van der Waals surface area contributed by atoms with Crippen molar-refractivity contribution in [2.45, 2.75) is 13.0 Å². The van der Waals surface area contributed by atoms with Crippen LogP contribution in [0.1, 0.15) is 29.0 Å². The second-order valence-corrected chi connectivity index (χ2v) is 7.13. The summed E-state index contributed by atoms with van der Waals surface area (Å²) in [7, 11) is 0. The van der Waals surface area contributed by atoms with Gasteiger partial charge in [0.2, 0.25) is 0 Å². The quantitative estimate of drug-likeness (QED) is 0.544. The molecule has 0 saturated heterocycles. The third kappa shape index (κ3) is 3.77. The van der Waals surface area contributed by atoms with Crippen LogP contribution in [0.3, 0.4) is 0 Å². The topological polar surface area (TPSA) is 64.0 Å². The number of hydrogen-bond donors (Lipinski definition) is 1. The van der Waals surface area contributed by atoms with Crippen molar-refractivity contribution in [1.29, 1.82) is 0 Å². The molecule has 1 atom stereocenters. The molecule has 29 heavy (non-hydrogen) atoms. The maximum Gasteiger partial charge on any atom is 0.279 e. The molecule has 6 heteroatoms. The first-order valence-electron chi connectivity index (χ1n) is 9.18. The third-order valence-corrected chi connectivity index (χ3v) is 4.95. The van der Waals surface area contributed by atoms with Crippen LogP contribution in [0.5, 0.6) is 0 Å². The van der Waals surface area contributed by atoms with Crippen molar-refractivity contribution in [2.24, 2.45) is 0 Å². The number of para-hydroxylation sites is 1. The van der Waals surface area contributed by atoms with E-state index < -0.39 is 0 Å². The molecule has 4 rings (SSSR count). The van der Waals surface area contributed by atoms with Gasteiger partial charge in [-0.15, -0.1) is 0 Å². The normalized spacial score (nSPS) is 11.9. The Bertz CT molecular complexity index is 1250. The lowest BCUT2D eigenvalue weighted by molar-refractivity contribution is 0.0935. The van der Waals surface area contributed by atoms with Crippen LogP contribution in [0.4, 0.5) is 0 Å². The van der Waals surface area contributed by atoms with E-state index in [-0.39, 0.29) is 23.2 Å². The Morgan fingerprint density at radius 1 is 0.966 bits per heavy atom. The molecular weight excluding hydrogens is 386 g/mol. The van der Waals surface area contributed by atoms with Crippen molar-refractivity contribution in [3.63, 3.8) is 0 Å². The zero-order valence-corrected chi connectivity index (χ0v) is 16.4. The van der Waals surface area contributed by atoms with Crippen LogP contribution in [0.2, 0.25) is 5.02 Å². The fourth-order valence-corrected chi connectivity index (χ4v) is 3.42. The van der Waals surface area contributed by atoms with Gasteiger partial charge in [-0.3, -0.25) is 9.59 Å². The Morgan fingerprint density at radius 2 is 1.66 bits per heavy atom. The fraction of sp³-hybridized carbons (Fsp3) is 0.0870. The number of rotatable bonds is 4. The highest BCUT2D eigenvalue weighted by Crippen LogP contribution is 2.19. The van der Waals surface area contributed by atoms with Crippen molar-refractivity contribution < 1.29 is 4.79 Å². The van der Waals surface area contributed by atoms with E-state index in [1.807, 2.05) is 43.3 Å². The summed E-state index contributed by atoms with van der Waals surface area (Å²) < 4.78 is 1.27. The van der Waals surface area contributed by atoms with Crippen LogP contribution < -0.4 is 10.9 Å². The average Bonchev–Trinajstić information content (AvgIpc) is 2.74. The Hall–Kier alpha value is -3.44. The Balaban J connectivity index is 1.79. The summed E-state index contributed by atoms with van der Waals surface area (Å²) in [5.74, 6) is -0.363. The second-order valence-electron chi connectivity index (χ2n) is 6.70. The Morgan fingerprint density at radius 3 is 2.38 bits per heavy atom. The summed E-state index contributed by atoms with van der Waals surface area (Å²) in [6.07, 6.45) is 0. The lowest BCUT2D eigenvalue weighted by atomic mass is 10.1. The monoisotopic (exact) mass is 403 g/mol. The lowest BCUT2D eigenvalue weighted by Gasteiger charge is -2.16. The molecule has 1 unspecified atom stereocenters. The van der Waals surface area contributed by atoms with E-state index in [0.717, 1.165) is 5.56 Å². The zero-order chi connectivity index (χ0) is 20.4. The molecule has 5 nitrogen and oxygen atoms in total. The second kappa shape index (κ2) is 7.89. The van der Waals surface area contributed by atoms with Gasteiger partial charge in [0.25, 0.3) is 11.5 Å². The summed E-state index contributed by atoms with van der Waals surface area (Å²) in [5.41, 5.74) is 1.40. The van der Waals surface area contributed by atoms with E-state index in [0.29, 0.717) is 21.5 Å². The summed E-state index contributed by atoms with van der Waals surface area (Å²) in [6.45, 7) is 1.87. The molecule has 3 aromatic carbocycles. The average molecular weight is 404 g/mol. The van der Waals surface area contributed by atoms with Gasteiger partial charge in [0, 0.05) is 10.4 Å². The maximum absolute atomic E-state index is 13.1. The summed E-state index contributed by atoms with van der Waals surface area (Å²) >= 11 is 6.06. The summed E-state index contributed by atoms with van der Waals surface area (Å²) in [5, 5.41) is 8.91. The molecular formula is C23H18ClN3O2. The zero-order valence-electron chi connectivity index (χ0n) is 15.7. The van der Waals surface area contributed by atoms with Crippen LogP contribution in [0.25, 0.3) is 16.5 Å². The van der Waals surface area contributed by atoms with Gasteiger partial charge in [-0.05, 0) is 42.8 Å². The number of aromatic nitrogens is 2. The number of nitrogens with zero attached hydrogens (tertiary/aromatic N) is 2. The standard InChI is InChI=1S/C23H18ClN3O2/c1-15(16-8-7-9-17(24)14-16)25-22(28)21-19-12-5-6-13-20(19)23(29)27(26-21)18-10-3-2-4-11-18/h2-15H,1H3,(H,25,28). The number of halogens is 1. The molecule has 4 aromatic rings. The van der Waals surface area contributed by atoms with Gasteiger partial charge < -0.3 is 5.32 Å². The predicted octanol–water partition coefficient (Wildman–Crippen LogP) is 4.53. The fourth-order valence-electron chi connectivity index (χ4n) is 3.23. The SMILES string of the molecule is CC(NC(=O)c1nn(-c2ccccc2)c(=O)c2ccccc12)c1cccc(Cl)c1. The number of carbonyl (C=O) groups is 1. The van der Waals surface area contributed by atoms with Crippen molar-refractivity contribution in [3.8, 4) is 5.69 Å². The van der Waals surface area contributed by atoms with Gasteiger partial charge in [0.15, 0.2) is 5.69 Å². The number of carbonyl (C=O) groups excluding carboxylic acids is 1. The van der Waals surface area contributed by atoms with Crippen LogP contribution >= 0.6 is 11.6 Å². The highest BCUT2D eigenvalue weighted by atomic mass is 35.5. The highest BCUT2D eigenvalue weighted by Gasteiger charge is 2.19. The number of amides is 1. The minimum Gasteiger partial charge on any atom is -0.344 e. The van der Waals surface area contributed by atoms with Gasteiger partial charge in [0.05, 0.1) is 17.1 Å². The van der Waals surface area contributed by atoms with Crippen molar-refractivity contribution in [3.05, 3.63) is 105 Å². The molecule has 144 valence electrons. The molecule has 0 radical (unpaired) electrons. The van der Waals surface area contributed by atoms with Gasteiger partial charge in [-0.1, -0.05) is 60.1 Å². The Labute approximate surface area is 172 Å². The highest BCUT2D eigenvalue weighted by molar-refractivity contribution is 6.30. The molecule has 1 heterocycles. The van der Waals surface area contributed by atoms with Gasteiger partial charge in [-0.25, -0.2) is 0 Å². The first-order valence-corrected chi connectivity index (χ1v) is 9.56. The number of nitrogens with one attached hydrogen (secondary N) is 1. The molecule has 1 amide bonds. The first-order chi connectivity index (χ1) is 14.0. The molecule has 1 N–H and O–H groups in total. The van der Waals surface area contributed by atoms with E-state index in [9.17, 15) is 9.59 Å². The van der Waals surface area contributed by atoms with E-state index in [2.05, 4.69) is 10.4 Å². The smallest absolute Gasteiger partial charge is 0.279 e. The van der Waals surface area contributed by atoms with E-state index in [1.165, 1.54) is 4.68 Å². The van der Waals surface area contributed by atoms with E-state index in [4.69, 9.17) is 11.6 Å². The predicted molar refractivity (Wildman–Crippen MR) is 115 cm³/mol. The van der Waals surface area contributed by atoms with Crippen molar-refractivity contribution in [2.75, 3.05) is 0 Å². The van der Waals surface area contributed by atoms with Crippen LogP contribution in [-0.4, -0.2) is 15.7 Å². The summed E-state index contributed by atoms with van der Waals surface area (Å²) in [4.78, 5) is 26.0. The Kier molecular flexibility index (Phi) is 5.14. The molecule has 0 spiro atoms. The number of benzene rings is 3. The molecule has 0 fully saturated rings. The molecule has 0 aliphatic heterocycles. The summed E-state index contributed by atoms with van der Waals surface area (Å²) in [6, 6.07) is 23.1. The molecule has 1 aromatic heterocycles. The van der Waals surface area contributed by atoms with Gasteiger partial charge >= 0.3 is 0 Å². The van der Waals surface area contributed by atoms with E-state index >= 15 is 0 Å². The molecule has 0 bridgehead atoms. The minimum absolute atomic E-state index is 0.193. The molecule has 0 saturated carbocycles. The molecule has 0 aliphatic rings. The van der Waals surface area contributed by atoms with Crippen LogP contribution in [0.15, 0.2) is 83.7 Å². The third-order valence-electron chi connectivity index (χ3n) is 4.72. The van der Waals surface area contributed by atoms with Crippen molar-refractivity contribution >= 4 is 28.3 Å². The van der Waals surface area contributed by atoms with Gasteiger partial charge in [0.1, 0.15) is 0 Å². The largest absolute Gasteiger partial charge is 0.344 e. The minimum atomic E-state index is -0.363. The van der Waals surface area contributed by atoms with Gasteiger partial charge in [-0.2, -0.15) is 9.78 Å². The van der Waals surface area contributed by atoms with E-state index in [1.54, 1.807) is 42.5 Å². The molecule has 0 aliphatic carbocycles. The first kappa shape index (κ1) is 18.9. The van der Waals surface area contributed by atoms with Crippen molar-refractivity contribution in [1.82, 2.24) is 15.1 Å². The number of hydrogen-bond acceptors (Lipinski definition) is 3. The van der Waals surface area contributed by atoms with Crippen LogP contribution in [-0.2, 0) is 0 Å². The lowest BCUT2D eigenvalue weighted by Crippen LogP contribution is -2.31.